The molecule has 6 heteroatoms. The number of ether oxygens (including phenoxy) is 3. The molecule has 0 radical (unpaired) electrons. The van der Waals surface area contributed by atoms with Gasteiger partial charge in [-0.1, -0.05) is 69.3 Å². The summed E-state index contributed by atoms with van der Waals surface area (Å²) in [4.78, 5) is 26.9. The van der Waals surface area contributed by atoms with Crippen molar-refractivity contribution in [2.24, 2.45) is 5.92 Å². The Morgan fingerprint density at radius 1 is 1.03 bits per heavy atom. The summed E-state index contributed by atoms with van der Waals surface area (Å²) in [5, 5.41) is 0. The number of cyclic esters (lactones) is 1. The monoisotopic (exact) mass is 437 g/mol. The molecule has 32 heavy (non-hydrogen) atoms. The molecule has 1 fully saturated rings. The smallest absolute Gasteiger partial charge is 0.413 e. The van der Waals surface area contributed by atoms with Crippen LogP contribution in [0.3, 0.4) is 0 Å². The molecule has 2 aromatic carbocycles. The van der Waals surface area contributed by atoms with E-state index in [9.17, 15) is 9.59 Å². The average molecular weight is 438 g/mol. The third-order valence-corrected chi connectivity index (χ3v) is 6.18. The molecular formula is C26H31NO5. The minimum Gasteiger partial charge on any atom is -0.448 e. The summed E-state index contributed by atoms with van der Waals surface area (Å²) >= 11 is 0. The number of benzene rings is 2. The predicted molar refractivity (Wildman–Crippen MR) is 121 cm³/mol. The van der Waals surface area contributed by atoms with Gasteiger partial charge in [0.05, 0.1) is 6.61 Å². The SMILES string of the molecule is CCC1OC(=O)[C@H](COCCC(C)C)N1C(=O)OCC1c2ccccc2-c2ccccc21. The van der Waals surface area contributed by atoms with Gasteiger partial charge in [0.15, 0.2) is 12.3 Å². The van der Waals surface area contributed by atoms with Gasteiger partial charge < -0.3 is 14.2 Å². The van der Waals surface area contributed by atoms with Crippen molar-refractivity contribution >= 4 is 12.1 Å². The molecule has 0 N–H and O–H groups in total. The van der Waals surface area contributed by atoms with Crippen LogP contribution in [0.2, 0.25) is 0 Å². The summed E-state index contributed by atoms with van der Waals surface area (Å²) in [6, 6.07) is 15.6. The van der Waals surface area contributed by atoms with Crippen LogP contribution in [0.25, 0.3) is 11.1 Å². The van der Waals surface area contributed by atoms with E-state index in [4.69, 9.17) is 14.2 Å². The van der Waals surface area contributed by atoms with E-state index in [1.807, 2.05) is 31.2 Å². The average Bonchev–Trinajstić information content (AvgIpc) is 3.29. The minimum atomic E-state index is -0.775. The molecular weight excluding hydrogens is 406 g/mol. The van der Waals surface area contributed by atoms with E-state index in [2.05, 4.69) is 38.1 Å². The van der Waals surface area contributed by atoms with E-state index in [1.54, 1.807) is 0 Å². The quantitative estimate of drug-likeness (QED) is 0.431. The highest BCUT2D eigenvalue weighted by molar-refractivity contribution is 5.85. The molecule has 2 atom stereocenters. The lowest BCUT2D eigenvalue weighted by molar-refractivity contribution is -0.143. The lowest BCUT2D eigenvalue weighted by atomic mass is 9.98. The molecule has 4 rings (SSSR count). The number of rotatable bonds is 8. The number of hydrogen-bond donors (Lipinski definition) is 0. The Bertz CT molecular complexity index is 927. The fourth-order valence-corrected chi connectivity index (χ4v) is 4.44. The van der Waals surface area contributed by atoms with E-state index in [0.717, 1.165) is 17.5 Å². The Kier molecular flexibility index (Phi) is 6.80. The number of carbonyl (C=O) groups is 2. The van der Waals surface area contributed by atoms with Gasteiger partial charge in [0.25, 0.3) is 0 Å². The van der Waals surface area contributed by atoms with Gasteiger partial charge in [-0.15, -0.1) is 0 Å². The van der Waals surface area contributed by atoms with Crippen LogP contribution in [0.15, 0.2) is 48.5 Å². The highest BCUT2D eigenvalue weighted by Gasteiger charge is 2.45. The first-order valence-electron chi connectivity index (χ1n) is 11.4. The molecule has 170 valence electrons. The van der Waals surface area contributed by atoms with Crippen LogP contribution in [0, 0.1) is 5.92 Å². The first kappa shape index (κ1) is 22.3. The first-order chi connectivity index (χ1) is 15.5. The van der Waals surface area contributed by atoms with Gasteiger partial charge in [-0.3, -0.25) is 4.90 Å². The van der Waals surface area contributed by atoms with Gasteiger partial charge in [-0.05, 0) is 34.6 Å². The molecule has 1 aliphatic heterocycles. The van der Waals surface area contributed by atoms with E-state index >= 15 is 0 Å². The van der Waals surface area contributed by atoms with E-state index in [-0.39, 0.29) is 19.1 Å². The maximum Gasteiger partial charge on any atom is 0.413 e. The second-order valence-corrected chi connectivity index (χ2v) is 8.78. The first-order valence-corrected chi connectivity index (χ1v) is 11.4. The second-order valence-electron chi connectivity index (χ2n) is 8.78. The normalized spacial score (nSPS) is 19.8. The number of hydrogen-bond acceptors (Lipinski definition) is 5. The molecule has 6 nitrogen and oxygen atoms in total. The molecule has 1 aliphatic carbocycles. The van der Waals surface area contributed by atoms with Crippen molar-refractivity contribution in [2.45, 2.75) is 51.8 Å². The van der Waals surface area contributed by atoms with Crippen molar-refractivity contribution in [1.82, 2.24) is 4.90 Å². The number of carbonyl (C=O) groups excluding carboxylic acids is 2. The van der Waals surface area contributed by atoms with Crippen LogP contribution in [0.1, 0.15) is 50.7 Å². The molecule has 1 amide bonds. The van der Waals surface area contributed by atoms with E-state index in [1.165, 1.54) is 16.0 Å². The summed E-state index contributed by atoms with van der Waals surface area (Å²) in [5.41, 5.74) is 4.64. The number of nitrogens with zero attached hydrogens (tertiary/aromatic N) is 1. The largest absolute Gasteiger partial charge is 0.448 e. The Balaban J connectivity index is 1.45. The molecule has 2 aromatic rings. The Labute approximate surface area is 189 Å². The van der Waals surface area contributed by atoms with Gasteiger partial charge in [-0.25, -0.2) is 9.59 Å². The van der Waals surface area contributed by atoms with Crippen molar-refractivity contribution in [2.75, 3.05) is 19.8 Å². The lowest BCUT2D eigenvalue weighted by Gasteiger charge is -2.25. The van der Waals surface area contributed by atoms with Gasteiger partial charge in [0.1, 0.15) is 6.61 Å². The molecule has 0 aromatic heterocycles. The van der Waals surface area contributed by atoms with E-state index < -0.39 is 24.3 Å². The summed E-state index contributed by atoms with van der Waals surface area (Å²) < 4.78 is 16.9. The zero-order valence-corrected chi connectivity index (χ0v) is 19.0. The molecule has 1 heterocycles. The predicted octanol–water partition coefficient (Wildman–Crippen LogP) is 4.96. The maximum absolute atomic E-state index is 13.1. The second kappa shape index (κ2) is 9.74. The topological polar surface area (TPSA) is 65.1 Å². The zero-order chi connectivity index (χ0) is 22.7. The third-order valence-electron chi connectivity index (χ3n) is 6.18. The Hall–Kier alpha value is -2.86. The van der Waals surface area contributed by atoms with Gasteiger partial charge in [0, 0.05) is 18.9 Å². The molecule has 0 saturated carbocycles. The minimum absolute atomic E-state index is 0.0357. The van der Waals surface area contributed by atoms with Crippen LogP contribution in [0.4, 0.5) is 4.79 Å². The van der Waals surface area contributed by atoms with Crippen LogP contribution in [-0.4, -0.2) is 49.1 Å². The van der Waals surface area contributed by atoms with Gasteiger partial charge >= 0.3 is 12.1 Å². The molecule has 0 bridgehead atoms. The van der Waals surface area contributed by atoms with Gasteiger partial charge in [-0.2, -0.15) is 0 Å². The van der Waals surface area contributed by atoms with Crippen molar-refractivity contribution < 1.29 is 23.8 Å². The summed E-state index contributed by atoms with van der Waals surface area (Å²) in [7, 11) is 0. The Morgan fingerprint density at radius 3 is 2.25 bits per heavy atom. The van der Waals surface area contributed by atoms with Crippen molar-refractivity contribution in [1.29, 1.82) is 0 Å². The third kappa shape index (κ3) is 4.37. The van der Waals surface area contributed by atoms with E-state index in [0.29, 0.717) is 18.9 Å². The number of esters is 1. The van der Waals surface area contributed by atoms with Gasteiger partial charge in [0.2, 0.25) is 0 Å². The molecule has 2 aliphatic rings. The van der Waals surface area contributed by atoms with Crippen LogP contribution in [0.5, 0.6) is 0 Å². The van der Waals surface area contributed by atoms with Crippen molar-refractivity contribution in [3.63, 3.8) is 0 Å². The number of amides is 1. The fourth-order valence-electron chi connectivity index (χ4n) is 4.44. The number of fused-ring (bicyclic) bond motifs is 3. The highest BCUT2D eigenvalue weighted by Crippen LogP contribution is 2.44. The maximum atomic E-state index is 13.1. The zero-order valence-electron chi connectivity index (χ0n) is 19.0. The Morgan fingerprint density at radius 2 is 1.66 bits per heavy atom. The summed E-state index contributed by atoms with van der Waals surface area (Å²) in [6.45, 7) is 6.97. The summed E-state index contributed by atoms with van der Waals surface area (Å²) in [6.07, 6.45) is 0.224. The summed E-state index contributed by atoms with van der Waals surface area (Å²) in [5.74, 6) is 0.0356. The van der Waals surface area contributed by atoms with Crippen LogP contribution in [-0.2, 0) is 19.0 Å². The van der Waals surface area contributed by atoms with Crippen molar-refractivity contribution in [3.8, 4) is 11.1 Å². The molecule has 1 unspecified atom stereocenters. The molecule has 0 spiro atoms. The highest BCUT2D eigenvalue weighted by atomic mass is 16.6. The standard InChI is InChI=1S/C26H31NO5/c1-4-24-27(23(25(28)32-24)16-30-14-13-17(2)3)26(29)31-15-22-20-11-7-5-9-18(20)19-10-6-8-12-21(19)22/h5-12,17,22-24H,4,13-16H2,1-3H3/t23-,24?/m0/s1. The lowest BCUT2D eigenvalue weighted by Crippen LogP contribution is -2.45. The van der Waals surface area contributed by atoms with Crippen molar-refractivity contribution in [3.05, 3.63) is 59.7 Å². The van der Waals surface area contributed by atoms with Crippen LogP contribution < -0.4 is 0 Å². The van der Waals surface area contributed by atoms with Crippen LogP contribution >= 0.6 is 0 Å². The fraction of sp³-hybridized carbons (Fsp3) is 0.462. The molecule has 1 saturated heterocycles.